The molecular formula is C8H17N3. The highest BCUT2D eigenvalue weighted by Crippen LogP contribution is 2.04. The van der Waals surface area contributed by atoms with Gasteiger partial charge in [0, 0.05) is 12.6 Å². The van der Waals surface area contributed by atoms with Crippen LogP contribution in [-0.2, 0) is 0 Å². The molecule has 3 N–H and O–H groups in total. The summed E-state index contributed by atoms with van der Waals surface area (Å²) in [5.74, 6) is 0.808. The molecule has 3 nitrogen and oxygen atoms in total. The molecule has 0 aliphatic rings. The average Bonchev–Trinajstić information content (AvgIpc) is 1.98. The highest BCUT2D eigenvalue weighted by molar-refractivity contribution is 5.30. The Morgan fingerprint density at radius 2 is 2.27 bits per heavy atom. The zero-order chi connectivity index (χ0) is 8.85. The molecule has 0 aromatic carbocycles. The monoisotopic (exact) mass is 155 g/mol. The van der Waals surface area contributed by atoms with E-state index in [0.29, 0.717) is 0 Å². The zero-order valence-corrected chi connectivity index (χ0v) is 7.52. The fraction of sp³-hybridized carbons (Fsp3) is 0.625. The molecule has 0 aliphatic carbocycles. The lowest BCUT2D eigenvalue weighted by Crippen LogP contribution is -2.22. The molecule has 64 valence electrons. The largest absolute Gasteiger partial charge is 0.370 e. The number of rotatable bonds is 4. The van der Waals surface area contributed by atoms with Gasteiger partial charge in [-0.2, -0.15) is 0 Å². The van der Waals surface area contributed by atoms with E-state index in [1.807, 2.05) is 20.8 Å². The van der Waals surface area contributed by atoms with Gasteiger partial charge in [0.15, 0.2) is 0 Å². The summed E-state index contributed by atoms with van der Waals surface area (Å²) in [7, 11) is 0. The third-order valence-electron chi connectivity index (χ3n) is 1.56. The lowest BCUT2D eigenvalue weighted by atomic mass is 10.1. The van der Waals surface area contributed by atoms with Gasteiger partial charge in [0.25, 0.3) is 0 Å². The maximum Gasteiger partial charge on any atom is 0.125 e. The van der Waals surface area contributed by atoms with Crippen molar-refractivity contribution < 1.29 is 0 Å². The summed E-state index contributed by atoms with van der Waals surface area (Å²) in [5, 5.41) is 3.08. The molecule has 0 bridgehead atoms. The smallest absolute Gasteiger partial charge is 0.125 e. The van der Waals surface area contributed by atoms with Gasteiger partial charge >= 0.3 is 0 Å². The first-order chi connectivity index (χ1) is 5.13. The number of nitrogens with zero attached hydrogens (tertiary/aromatic N) is 1. The van der Waals surface area contributed by atoms with E-state index in [-0.39, 0.29) is 6.04 Å². The summed E-state index contributed by atoms with van der Waals surface area (Å²) < 4.78 is 0. The van der Waals surface area contributed by atoms with Crippen LogP contribution in [-0.4, -0.2) is 19.3 Å². The van der Waals surface area contributed by atoms with E-state index in [1.54, 1.807) is 0 Å². The van der Waals surface area contributed by atoms with Gasteiger partial charge in [0.1, 0.15) is 5.82 Å². The van der Waals surface area contributed by atoms with Crippen molar-refractivity contribution in [3.8, 4) is 0 Å². The molecule has 1 atom stereocenters. The van der Waals surface area contributed by atoms with Gasteiger partial charge in [-0.15, -0.1) is 0 Å². The van der Waals surface area contributed by atoms with Crippen LogP contribution in [0.5, 0.6) is 0 Å². The van der Waals surface area contributed by atoms with Crippen LogP contribution in [0.2, 0.25) is 0 Å². The van der Waals surface area contributed by atoms with Crippen molar-refractivity contribution in [2.24, 2.45) is 10.7 Å². The Bertz CT molecular complexity index is 159. The molecule has 1 unspecified atom stereocenters. The summed E-state index contributed by atoms with van der Waals surface area (Å²) in [5.41, 5.74) is 6.70. The van der Waals surface area contributed by atoms with Crippen molar-refractivity contribution >= 4 is 6.72 Å². The second-order valence-corrected chi connectivity index (χ2v) is 2.51. The van der Waals surface area contributed by atoms with Crippen LogP contribution in [0.1, 0.15) is 20.8 Å². The van der Waals surface area contributed by atoms with Crippen LogP contribution in [0.15, 0.2) is 16.4 Å². The van der Waals surface area contributed by atoms with Crippen LogP contribution in [0.3, 0.4) is 0 Å². The SMILES string of the molecule is C=N/C(NCC)=C(/C)C(C)N. The molecule has 0 saturated carbocycles. The van der Waals surface area contributed by atoms with E-state index >= 15 is 0 Å². The lowest BCUT2D eigenvalue weighted by molar-refractivity contribution is 0.771. The predicted molar refractivity (Wildman–Crippen MR) is 49.6 cm³/mol. The minimum atomic E-state index is 0.0366. The normalized spacial score (nSPS) is 15.3. The second-order valence-electron chi connectivity index (χ2n) is 2.51. The van der Waals surface area contributed by atoms with Crippen LogP contribution >= 0.6 is 0 Å². The van der Waals surface area contributed by atoms with Crippen molar-refractivity contribution in [2.75, 3.05) is 6.54 Å². The molecule has 0 rings (SSSR count). The summed E-state index contributed by atoms with van der Waals surface area (Å²) in [6, 6.07) is 0.0366. The van der Waals surface area contributed by atoms with Gasteiger partial charge in [-0.05, 0) is 33.1 Å². The fourth-order valence-electron chi connectivity index (χ4n) is 0.703. The first-order valence-electron chi connectivity index (χ1n) is 3.80. The molecule has 11 heavy (non-hydrogen) atoms. The van der Waals surface area contributed by atoms with Crippen molar-refractivity contribution in [1.29, 1.82) is 0 Å². The third kappa shape index (κ3) is 3.18. The molecular weight excluding hydrogens is 138 g/mol. The molecule has 0 saturated heterocycles. The van der Waals surface area contributed by atoms with E-state index in [9.17, 15) is 0 Å². The Morgan fingerprint density at radius 3 is 2.55 bits per heavy atom. The first kappa shape index (κ1) is 10.2. The second kappa shape index (κ2) is 4.91. The molecule has 0 radical (unpaired) electrons. The van der Waals surface area contributed by atoms with E-state index < -0.39 is 0 Å². The van der Waals surface area contributed by atoms with E-state index in [1.165, 1.54) is 0 Å². The molecule has 0 fully saturated rings. The molecule has 0 aromatic heterocycles. The van der Waals surface area contributed by atoms with Gasteiger partial charge in [-0.1, -0.05) is 0 Å². The van der Waals surface area contributed by atoms with Crippen molar-refractivity contribution in [3.63, 3.8) is 0 Å². The van der Waals surface area contributed by atoms with Gasteiger partial charge in [0.2, 0.25) is 0 Å². The Kier molecular flexibility index (Phi) is 4.54. The van der Waals surface area contributed by atoms with Crippen LogP contribution in [0.25, 0.3) is 0 Å². The van der Waals surface area contributed by atoms with Gasteiger partial charge in [-0.25, -0.2) is 4.99 Å². The van der Waals surface area contributed by atoms with Crippen molar-refractivity contribution in [2.45, 2.75) is 26.8 Å². The zero-order valence-electron chi connectivity index (χ0n) is 7.52. The predicted octanol–water partition coefficient (Wildman–Crippen LogP) is 0.875. The first-order valence-corrected chi connectivity index (χ1v) is 3.80. The van der Waals surface area contributed by atoms with E-state index in [0.717, 1.165) is 17.9 Å². The van der Waals surface area contributed by atoms with Crippen LogP contribution in [0, 0.1) is 0 Å². The summed E-state index contributed by atoms with van der Waals surface area (Å²) >= 11 is 0. The minimum Gasteiger partial charge on any atom is -0.370 e. The Morgan fingerprint density at radius 1 is 1.73 bits per heavy atom. The maximum absolute atomic E-state index is 5.66. The molecule has 3 heteroatoms. The topological polar surface area (TPSA) is 50.4 Å². The maximum atomic E-state index is 5.66. The van der Waals surface area contributed by atoms with Crippen LogP contribution < -0.4 is 11.1 Å². The highest BCUT2D eigenvalue weighted by atomic mass is 15.0. The highest BCUT2D eigenvalue weighted by Gasteiger charge is 2.02. The van der Waals surface area contributed by atoms with E-state index in [2.05, 4.69) is 17.0 Å². The molecule has 0 heterocycles. The summed E-state index contributed by atoms with van der Waals surface area (Å²) in [4.78, 5) is 3.84. The van der Waals surface area contributed by atoms with Crippen molar-refractivity contribution in [1.82, 2.24) is 5.32 Å². The quantitative estimate of drug-likeness (QED) is 0.592. The number of hydrogen-bond donors (Lipinski definition) is 2. The third-order valence-corrected chi connectivity index (χ3v) is 1.56. The van der Waals surface area contributed by atoms with Crippen LogP contribution in [0.4, 0.5) is 0 Å². The summed E-state index contributed by atoms with van der Waals surface area (Å²) in [6.45, 7) is 10.2. The Labute approximate surface area is 68.4 Å². The molecule has 0 spiro atoms. The van der Waals surface area contributed by atoms with Gasteiger partial charge < -0.3 is 11.1 Å². The number of nitrogens with two attached hydrogens (primary N) is 1. The Balaban J connectivity index is 4.39. The molecule has 0 amide bonds. The Hall–Kier alpha value is -0.830. The van der Waals surface area contributed by atoms with E-state index in [4.69, 9.17) is 5.73 Å². The fourth-order valence-corrected chi connectivity index (χ4v) is 0.703. The molecule has 0 aromatic rings. The number of hydrogen-bond acceptors (Lipinski definition) is 3. The standard InChI is InChI=1S/C8H17N3/c1-5-11-8(10-4)6(2)7(3)9/h7,11H,4-5,9H2,1-3H3/b8-6+. The molecule has 0 aliphatic heterocycles. The summed E-state index contributed by atoms with van der Waals surface area (Å²) in [6.07, 6.45) is 0. The number of aliphatic imine (C=N–C) groups is 1. The lowest BCUT2D eigenvalue weighted by Gasteiger charge is -2.11. The number of nitrogens with one attached hydrogen (secondary N) is 1. The minimum absolute atomic E-state index is 0.0366. The average molecular weight is 155 g/mol. The van der Waals surface area contributed by atoms with Gasteiger partial charge in [0.05, 0.1) is 0 Å². The van der Waals surface area contributed by atoms with Gasteiger partial charge in [-0.3, -0.25) is 0 Å². The van der Waals surface area contributed by atoms with Crippen molar-refractivity contribution in [3.05, 3.63) is 11.4 Å².